The van der Waals surface area contributed by atoms with Crippen molar-refractivity contribution < 1.29 is 9.21 Å². The van der Waals surface area contributed by atoms with Crippen molar-refractivity contribution in [3.05, 3.63) is 48.2 Å². The fourth-order valence-electron chi connectivity index (χ4n) is 1.73. The molecule has 0 saturated carbocycles. The van der Waals surface area contributed by atoms with E-state index in [1.807, 2.05) is 50.2 Å². The summed E-state index contributed by atoms with van der Waals surface area (Å²) in [6.45, 7) is 4.04. The highest BCUT2D eigenvalue weighted by Crippen LogP contribution is 2.24. The standard InChI is InChI=1S/C15H17NO2/c1-3-11(2)16-15(17)13-8-5-4-7-12(13)14-9-6-10-18-14/h4-11H,3H2,1-2H3,(H,16,17). The summed E-state index contributed by atoms with van der Waals surface area (Å²) < 4.78 is 5.36. The van der Waals surface area contributed by atoms with Gasteiger partial charge in [0, 0.05) is 11.6 Å². The van der Waals surface area contributed by atoms with Gasteiger partial charge in [-0.1, -0.05) is 25.1 Å². The summed E-state index contributed by atoms with van der Waals surface area (Å²) in [6.07, 6.45) is 2.52. The lowest BCUT2D eigenvalue weighted by molar-refractivity contribution is 0.0939. The highest BCUT2D eigenvalue weighted by molar-refractivity contribution is 6.00. The number of hydrogen-bond acceptors (Lipinski definition) is 2. The van der Waals surface area contributed by atoms with Gasteiger partial charge in [-0.15, -0.1) is 0 Å². The van der Waals surface area contributed by atoms with Gasteiger partial charge in [0.25, 0.3) is 5.91 Å². The van der Waals surface area contributed by atoms with Crippen molar-refractivity contribution in [1.29, 1.82) is 0 Å². The van der Waals surface area contributed by atoms with Crippen molar-refractivity contribution in [1.82, 2.24) is 5.32 Å². The third-order valence-electron chi connectivity index (χ3n) is 2.95. The summed E-state index contributed by atoms with van der Waals surface area (Å²) in [5, 5.41) is 2.97. The molecule has 0 bridgehead atoms. The van der Waals surface area contributed by atoms with E-state index >= 15 is 0 Å². The molecule has 18 heavy (non-hydrogen) atoms. The van der Waals surface area contributed by atoms with Gasteiger partial charge in [-0.2, -0.15) is 0 Å². The monoisotopic (exact) mass is 243 g/mol. The average Bonchev–Trinajstić information content (AvgIpc) is 2.92. The zero-order valence-corrected chi connectivity index (χ0v) is 10.6. The van der Waals surface area contributed by atoms with Crippen LogP contribution in [0, 0.1) is 0 Å². The third kappa shape index (κ3) is 2.62. The van der Waals surface area contributed by atoms with Crippen LogP contribution in [0.5, 0.6) is 0 Å². The van der Waals surface area contributed by atoms with Crippen molar-refractivity contribution in [2.75, 3.05) is 0 Å². The van der Waals surface area contributed by atoms with Gasteiger partial charge in [0.2, 0.25) is 0 Å². The Hall–Kier alpha value is -2.03. The van der Waals surface area contributed by atoms with E-state index in [-0.39, 0.29) is 11.9 Å². The maximum Gasteiger partial charge on any atom is 0.252 e. The summed E-state index contributed by atoms with van der Waals surface area (Å²) in [4.78, 5) is 12.2. The van der Waals surface area contributed by atoms with Crippen LogP contribution in [0.15, 0.2) is 47.1 Å². The second-order valence-corrected chi connectivity index (χ2v) is 4.31. The van der Waals surface area contributed by atoms with E-state index in [9.17, 15) is 4.79 Å². The maximum absolute atomic E-state index is 12.2. The lowest BCUT2D eigenvalue weighted by atomic mass is 10.0. The molecule has 1 amide bonds. The Labute approximate surface area is 107 Å². The number of carbonyl (C=O) groups excluding carboxylic acids is 1. The number of hydrogen-bond donors (Lipinski definition) is 1. The van der Waals surface area contributed by atoms with Crippen molar-refractivity contribution >= 4 is 5.91 Å². The predicted molar refractivity (Wildman–Crippen MR) is 71.4 cm³/mol. The van der Waals surface area contributed by atoms with Crippen LogP contribution >= 0.6 is 0 Å². The van der Waals surface area contributed by atoms with Gasteiger partial charge in [-0.05, 0) is 31.5 Å². The molecular weight excluding hydrogens is 226 g/mol. The average molecular weight is 243 g/mol. The second-order valence-electron chi connectivity index (χ2n) is 4.31. The summed E-state index contributed by atoms with van der Waals surface area (Å²) >= 11 is 0. The quantitative estimate of drug-likeness (QED) is 0.893. The molecule has 2 rings (SSSR count). The van der Waals surface area contributed by atoms with E-state index in [0.29, 0.717) is 11.3 Å². The molecule has 1 aromatic carbocycles. The highest BCUT2D eigenvalue weighted by atomic mass is 16.3. The van der Waals surface area contributed by atoms with Gasteiger partial charge in [0.15, 0.2) is 0 Å². The van der Waals surface area contributed by atoms with Crippen molar-refractivity contribution in [3.8, 4) is 11.3 Å². The van der Waals surface area contributed by atoms with Crippen molar-refractivity contribution in [3.63, 3.8) is 0 Å². The van der Waals surface area contributed by atoms with E-state index in [0.717, 1.165) is 12.0 Å². The van der Waals surface area contributed by atoms with E-state index in [4.69, 9.17) is 4.42 Å². The Morgan fingerprint density at radius 1 is 1.28 bits per heavy atom. The first-order valence-electron chi connectivity index (χ1n) is 6.16. The molecule has 0 saturated heterocycles. The third-order valence-corrected chi connectivity index (χ3v) is 2.95. The van der Waals surface area contributed by atoms with E-state index < -0.39 is 0 Å². The van der Waals surface area contributed by atoms with Crippen LogP contribution in [-0.2, 0) is 0 Å². The molecule has 0 radical (unpaired) electrons. The summed E-state index contributed by atoms with van der Waals surface area (Å²) in [5.74, 6) is 0.654. The molecule has 1 aromatic heterocycles. The molecule has 1 unspecified atom stereocenters. The van der Waals surface area contributed by atoms with E-state index in [1.165, 1.54) is 0 Å². The zero-order chi connectivity index (χ0) is 13.0. The molecule has 0 spiro atoms. The first kappa shape index (κ1) is 12.4. The molecule has 0 aliphatic carbocycles. The molecule has 94 valence electrons. The summed E-state index contributed by atoms with van der Waals surface area (Å²) in [7, 11) is 0. The Morgan fingerprint density at radius 2 is 2.06 bits per heavy atom. The molecule has 2 aromatic rings. The van der Waals surface area contributed by atoms with Crippen LogP contribution in [0.2, 0.25) is 0 Å². The Bertz CT molecular complexity index is 517. The van der Waals surface area contributed by atoms with Gasteiger partial charge in [0.1, 0.15) is 5.76 Å². The SMILES string of the molecule is CCC(C)NC(=O)c1ccccc1-c1ccco1. The molecular formula is C15H17NO2. The van der Waals surface area contributed by atoms with Crippen LogP contribution in [0.3, 0.4) is 0 Å². The van der Waals surface area contributed by atoms with Crippen LogP contribution < -0.4 is 5.32 Å². The van der Waals surface area contributed by atoms with E-state index in [2.05, 4.69) is 5.32 Å². The number of nitrogens with one attached hydrogen (secondary N) is 1. The number of rotatable bonds is 4. The molecule has 0 aliphatic rings. The smallest absolute Gasteiger partial charge is 0.252 e. The lowest BCUT2D eigenvalue weighted by Gasteiger charge is -2.13. The maximum atomic E-state index is 12.2. The summed E-state index contributed by atoms with van der Waals surface area (Å²) in [6, 6.07) is 11.3. The number of furan rings is 1. The zero-order valence-electron chi connectivity index (χ0n) is 10.6. The van der Waals surface area contributed by atoms with Gasteiger partial charge >= 0.3 is 0 Å². The van der Waals surface area contributed by atoms with Crippen LogP contribution in [0.1, 0.15) is 30.6 Å². The molecule has 1 atom stereocenters. The van der Waals surface area contributed by atoms with Crippen LogP contribution in [0.4, 0.5) is 0 Å². The molecule has 3 heteroatoms. The minimum atomic E-state index is -0.0589. The molecule has 0 fully saturated rings. The Kier molecular flexibility index (Phi) is 3.82. The van der Waals surface area contributed by atoms with Gasteiger partial charge in [-0.3, -0.25) is 4.79 Å². The van der Waals surface area contributed by atoms with Crippen molar-refractivity contribution in [2.45, 2.75) is 26.3 Å². The molecule has 3 nitrogen and oxygen atoms in total. The number of carbonyl (C=O) groups is 1. The molecule has 1 N–H and O–H groups in total. The van der Waals surface area contributed by atoms with Gasteiger partial charge in [-0.25, -0.2) is 0 Å². The Balaban J connectivity index is 2.31. The fraction of sp³-hybridized carbons (Fsp3) is 0.267. The lowest BCUT2D eigenvalue weighted by Crippen LogP contribution is -2.32. The highest BCUT2D eigenvalue weighted by Gasteiger charge is 2.14. The number of amides is 1. The van der Waals surface area contributed by atoms with Gasteiger partial charge in [0.05, 0.1) is 11.8 Å². The second kappa shape index (κ2) is 5.54. The first-order valence-corrected chi connectivity index (χ1v) is 6.16. The normalized spacial score (nSPS) is 12.1. The predicted octanol–water partition coefficient (Wildman–Crippen LogP) is 3.47. The minimum absolute atomic E-state index is 0.0589. The molecule has 1 heterocycles. The van der Waals surface area contributed by atoms with E-state index in [1.54, 1.807) is 6.26 Å². The first-order chi connectivity index (χ1) is 8.72. The van der Waals surface area contributed by atoms with Crippen molar-refractivity contribution in [2.24, 2.45) is 0 Å². The topological polar surface area (TPSA) is 42.2 Å². The minimum Gasteiger partial charge on any atom is -0.464 e. The van der Waals surface area contributed by atoms with Gasteiger partial charge < -0.3 is 9.73 Å². The fourth-order valence-corrected chi connectivity index (χ4v) is 1.73. The summed E-state index contributed by atoms with van der Waals surface area (Å²) in [5.41, 5.74) is 1.47. The van der Waals surface area contributed by atoms with Crippen LogP contribution in [0.25, 0.3) is 11.3 Å². The Morgan fingerprint density at radius 3 is 2.72 bits per heavy atom. The number of benzene rings is 1. The largest absolute Gasteiger partial charge is 0.464 e. The van der Waals surface area contributed by atoms with Crippen LogP contribution in [-0.4, -0.2) is 11.9 Å². The molecule has 0 aliphatic heterocycles.